The first-order valence-electron chi connectivity index (χ1n) is 12.7. The summed E-state index contributed by atoms with van der Waals surface area (Å²) in [4.78, 5) is 68.3. The monoisotopic (exact) mass is 567 g/mol. The Balaban J connectivity index is 1.80. The molecule has 15 heteroatoms. The fourth-order valence-corrected chi connectivity index (χ4v) is 4.27. The third-order valence-corrected chi connectivity index (χ3v) is 6.36. The molecule has 0 unspecified atom stereocenters. The van der Waals surface area contributed by atoms with Gasteiger partial charge in [-0.15, -0.1) is 0 Å². The second-order valence-corrected chi connectivity index (χ2v) is 10.1. The Kier molecular flexibility index (Phi) is 9.34. The highest BCUT2D eigenvalue weighted by Gasteiger charge is 2.49. The Morgan fingerprint density at radius 1 is 1.05 bits per heavy atom. The number of fused-ring (bicyclic) bond motifs is 1. The maximum absolute atomic E-state index is 13.2. The Morgan fingerprint density at radius 3 is 2.29 bits per heavy atom. The number of hydrogen-bond donors (Lipinski definition) is 6. The van der Waals surface area contributed by atoms with Crippen molar-refractivity contribution < 1.29 is 29.4 Å². The van der Waals surface area contributed by atoms with Gasteiger partial charge in [0, 0.05) is 24.7 Å². The number of Topliss-reactive ketones (excluding diaryl/α,β-unsaturated/α-hetero) is 1. The molecule has 0 aliphatic heterocycles. The van der Waals surface area contributed by atoms with Crippen LogP contribution < -0.4 is 27.4 Å². The van der Waals surface area contributed by atoms with Crippen LogP contribution >= 0.6 is 0 Å². The fraction of sp³-hybridized carbons (Fsp3) is 0.385. The van der Waals surface area contributed by atoms with Gasteiger partial charge in [-0.05, 0) is 43.0 Å². The van der Waals surface area contributed by atoms with Crippen LogP contribution in [0.25, 0.3) is 11.2 Å². The van der Waals surface area contributed by atoms with Gasteiger partial charge in [-0.2, -0.15) is 9.97 Å². The van der Waals surface area contributed by atoms with Crippen LogP contribution in [-0.4, -0.2) is 72.4 Å². The molecule has 41 heavy (non-hydrogen) atoms. The van der Waals surface area contributed by atoms with Crippen LogP contribution in [0.4, 0.5) is 17.5 Å². The van der Waals surface area contributed by atoms with Crippen molar-refractivity contribution >= 4 is 52.2 Å². The minimum absolute atomic E-state index is 0.0106. The van der Waals surface area contributed by atoms with Gasteiger partial charge < -0.3 is 37.6 Å². The normalized spacial score (nSPS) is 13.4. The molecule has 1 aromatic carbocycles. The number of anilines is 3. The van der Waals surface area contributed by atoms with Gasteiger partial charge in [0.1, 0.15) is 0 Å². The molecule has 15 nitrogen and oxygen atoms in total. The quantitative estimate of drug-likeness (QED) is 0.154. The number of nitrogens with zero attached hydrogens (tertiary/aromatic N) is 5. The number of rotatable bonds is 13. The summed E-state index contributed by atoms with van der Waals surface area (Å²) < 4.78 is 0. The molecule has 0 saturated heterocycles. The zero-order valence-corrected chi connectivity index (χ0v) is 22.9. The summed E-state index contributed by atoms with van der Waals surface area (Å²) >= 11 is 0. The molecule has 2 atom stereocenters. The van der Waals surface area contributed by atoms with Crippen LogP contribution in [0.5, 0.6) is 0 Å². The van der Waals surface area contributed by atoms with Crippen molar-refractivity contribution in [2.24, 2.45) is 11.7 Å². The van der Waals surface area contributed by atoms with Crippen molar-refractivity contribution in [1.82, 2.24) is 25.3 Å². The molecule has 0 bridgehead atoms. The molecule has 0 aliphatic carbocycles. The van der Waals surface area contributed by atoms with Crippen molar-refractivity contribution in [1.29, 1.82) is 0 Å². The number of hydrogen-bond acceptors (Lipinski definition) is 12. The Labute approximate surface area is 235 Å². The summed E-state index contributed by atoms with van der Waals surface area (Å²) in [5.74, 6) is -4.78. The number of aromatic nitrogens is 4. The largest absolute Gasteiger partial charge is 0.481 e. The van der Waals surface area contributed by atoms with Gasteiger partial charge in [0.2, 0.25) is 5.95 Å². The van der Waals surface area contributed by atoms with Gasteiger partial charge in [-0.3, -0.25) is 14.4 Å². The lowest BCUT2D eigenvalue weighted by Gasteiger charge is -2.31. The van der Waals surface area contributed by atoms with E-state index in [-0.39, 0.29) is 35.3 Å². The number of carbonyl (C=O) groups excluding carboxylic acids is 2. The maximum Gasteiger partial charge on any atom is 0.337 e. The number of nitrogens with one attached hydrogen (secondary N) is 1. The van der Waals surface area contributed by atoms with Crippen LogP contribution in [0.3, 0.4) is 0 Å². The molecular formula is C26H33N9O6. The number of carboxylic acid groups (broad SMARTS) is 2. The number of amides is 1. The zero-order valence-electron chi connectivity index (χ0n) is 22.9. The average Bonchev–Trinajstić information content (AvgIpc) is 2.90. The van der Waals surface area contributed by atoms with E-state index in [1.54, 1.807) is 33.0 Å². The third-order valence-electron chi connectivity index (χ3n) is 6.36. The van der Waals surface area contributed by atoms with E-state index in [2.05, 4.69) is 25.3 Å². The lowest BCUT2D eigenvalue weighted by atomic mass is 9.82. The fourth-order valence-electron chi connectivity index (χ4n) is 4.27. The van der Waals surface area contributed by atoms with E-state index in [1.165, 1.54) is 18.3 Å². The van der Waals surface area contributed by atoms with Crippen molar-refractivity contribution in [2.75, 3.05) is 23.4 Å². The number of carbonyl (C=O) groups is 4. The summed E-state index contributed by atoms with van der Waals surface area (Å²) in [5, 5.41) is 21.5. The number of aliphatic carboxylic acids is 2. The highest BCUT2D eigenvalue weighted by Crippen LogP contribution is 2.23. The third kappa shape index (κ3) is 7.19. The summed E-state index contributed by atoms with van der Waals surface area (Å²) in [5.41, 5.74) is 16.8. The second kappa shape index (κ2) is 12.5. The molecular weight excluding hydrogens is 534 g/mol. The van der Waals surface area contributed by atoms with Crippen molar-refractivity contribution in [3.63, 3.8) is 0 Å². The predicted molar refractivity (Wildman–Crippen MR) is 150 cm³/mol. The van der Waals surface area contributed by atoms with Gasteiger partial charge in [0.25, 0.3) is 5.91 Å². The average molecular weight is 568 g/mol. The van der Waals surface area contributed by atoms with Gasteiger partial charge in [0.15, 0.2) is 28.3 Å². The summed E-state index contributed by atoms with van der Waals surface area (Å²) in [7, 11) is 1.78. The SMILES string of the molecule is CC(C)C[C@H](N)C(=O)[C@@](CCC(=O)O)(NC(=O)c1ccc(N(C)Cc2cnc3nc(N)nc(N)c3n2)cc1)C(=O)O. The molecule has 0 fully saturated rings. The first-order valence-corrected chi connectivity index (χ1v) is 12.7. The lowest BCUT2D eigenvalue weighted by Crippen LogP contribution is -2.64. The molecule has 3 rings (SSSR count). The first-order chi connectivity index (χ1) is 19.2. The highest BCUT2D eigenvalue weighted by molar-refractivity contribution is 6.14. The van der Waals surface area contributed by atoms with Crippen molar-refractivity contribution in [3.8, 4) is 0 Å². The van der Waals surface area contributed by atoms with Gasteiger partial charge in [-0.25, -0.2) is 14.8 Å². The van der Waals surface area contributed by atoms with Crippen molar-refractivity contribution in [3.05, 3.63) is 41.7 Å². The molecule has 1 amide bonds. The van der Waals surface area contributed by atoms with E-state index in [0.717, 1.165) is 0 Å². The van der Waals surface area contributed by atoms with E-state index >= 15 is 0 Å². The minimum Gasteiger partial charge on any atom is -0.481 e. The van der Waals surface area contributed by atoms with Crippen LogP contribution in [0, 0.1) is 5.92 Å². The molecule has 218 valence electrons. The van der Waals surface area contributed by atoms with Crippen LogP contribution in [0.2, 0.25) is 0 Å². The van der Waals surface area contributed by atoms with E-state index in [1.807, 2.05) is 4.90 Å². The topological polar surface area (TPSA) is 254 Å². The first kappa shape index (κ1) is 30.6. The molecule has 0 spiro atoms. The number of nitrogens with two attached hydrogens (primary N) is 3. The molecule has 0 radical (unpaired) electrons. The number of nitrogen functional groups attached to an aromatic ring is 2. The van der Waals surface area contributed by atoms with E-state index in [4.69, 9.17) is 22.3 Å². The van der Waals surface area contributed by atoms with Crippen LogP contribution in [0.15, 0.2) is 30.5 Å². The van der Waals surface area contributed by atoms with Crippen molar-refractivity contribution in [2.45, 2.75) is 51.2 Å². The molecule has 2 heterocycles. The Morgan fingerprint density at radius 2 is 1.71 bits per heavy atom. The Bertz CT molecular complexity index is 1460. The molecule has 2 aromatic heterocycles. The lowest BCUT2D eigenvalue weighted by molar-refractivity contribution is -0.151. The predicted octanol–water partition coefficient (Wildman–Crippen LogP) is 0.581. The van der Waals surface area contributed by atoms with E-state index in [9.17, 15) is 24.3 Å². The maximum atomic E-state index is 13.2. The summed E-state index contributed by atoms with van der Waals surface area (Å²) in [6.07, 6.45) is 0.353. The van der Waals surface area contributed by atoms with Gasteiger partial charge in [0.05, 0.1) is 24.5 Å². The van der Waals surface area contributed by atoms with Crippen LogP contribution in [-0.2, 0) is 20.9 Å². The molecule has 9 N–H and O–H groups in total. The number of benzene rings is 1. The van der Waals surface area contributed by atoms with Crippen LogP contribution in [0.1, 0.15) is 49.2 Å². The summed E-state index contributed by atoms with van der Waals surface area (Å²) in [6.45, 7) is 3.91. The smallest absolute Gasteiger partial charge is 0.337 e. The number of ketones is 1. The highest BCUT2D eigenvalue weighted by atomic mass is 16.4. The molecule has 0 saturated carbocycles. The summed E-state index contributed by atoms with van der Waals surface area (Å²) in [6, 6.07) is 4.92. The standard InChI is InChI=1S/C26H33N9O6/c1-13(2)10-17(27)20(38)26(24(40)41,9-8-18(36)37)34-23(39)14-4-6-16(7-5-14)35(3)12-15-11-30-22-19(31-15)21(28)32-25(29)33-22/h4-7,11,13,17H,8-10,12,27H2,1-3H3,(H,34,39)(H,36,37)(H,40,41)(H4,28,29,30,32,33)/t17-,26+/m0/s1. The second-order valence-electron chi connectivity index (χ2n) is 10.1. The van der Waals surface area contributed by atoms with E-state index in [0.29, 0.717) is 23.4 Å². The zero-order chi connectivity index (χ0) is 30.5. The number of carboxylic acids is 2. The van der Waals surface area contributed by atoms with Gasteiger partial charge >= 0.3 is 11.9 Å². The van der Waals surface area contributed by atoms with E-state index < -0.39 is 48.1 Å². The van der Waals surface area contributed by atoms with Gasteiger partial charge in [-0.1, -0.05) is 13.8 Å². The minimum atomic E-state index is -2.51. The molecule has 0 aliphatic rings. The Hall–Kier alpha value is -4.92. The molecule has 3 aromatic rings.